The number of thioether (sulfide) groups is 1. The summed E-state index contributed by atoms with van der Waals surface area (Å²) in [5, 5.41) is 11.2. The van der Waals surface area contributed by atoms with Gasteiger partial charge >= 0.3 is 0 Å². The van der Waals surface area contributed by atoms with Gasteiger partial charge in [0.05, 0.1) is 4.90 Å². The molecule has 158 valence electrons. The van der Waals surface area contributed by atoms with Gasteiger partial charge in [-0.15, -0.1) is 10.2 Å². The molecule has 1 aliphatic rings. The number of rotatable bonds is 7. The molecule has 0 atom stereocenters. The van der Waals surface area contributed by atoms with Crippen LogP contribution in [0.25, 0.3) is 0 Å². The van der Waals surface area contributed by atoms with E-state index in [9.17, 15) is 13.2 Å². The van der Waals surface area contributed by atoms with Crippen molar-refractivity contribution in [3.05, 3.63) is 29.3 Å². The summed E-state index contributed by atoms with van der Waals surface area (Å²) in [5.74, 6) is 0.551. The zero-order valence-corrected chi connectivity index (χ0v) is 19.2. The van der Waals surface area contributed by atoms with Gasteiger partial charge in [0.1, 0.15) is 0 Å². The SMILES string of the molecule is CCCSc1nnc(NC(=O)c2cc(S(=O)(=O)N3CCN(C)CC3)ccc2C)s1. The van der Waals surface area contributed by atoms with E-state index in [2.05, 4.69) is 27.3 Å². The summed E-state index contributed by atoms with van der Waals surface area (Å²) in [5.41, 5.74) is 1.02. The Hall–Kier alpha value is -1.53. The fourth-order valence-electron chi connectivity index (χ4n) is 2.86. The molecule has 2 heterocycles. The maximum atomic E-state index is 13.0. The highest BCUT2D eigenvalue weighted by atomic mass is 32.2. The highest BCUT2D eigenvalue weighted by molar-refractivity contribution is 8.01. The Bertz CT molecular complexity index is 969. The average Bonchev–Trinajstić information content (AvgIpc) is 3.14. The average molecular weight is 456 g/mol. The van der Waals surface area contributed by atoms with E-state index in [1.54, 1.807) is 30.8 Å². The minimum atomic E-state index is -3.64. The third-order valence-corrected chi connectivity index (χ3v) is 8.68. The van der Waals surface area contributed by atoms with Crippen molar-refractivity contribution in [2.24, 2.45) is 0 Å². The first kappa shape index (κ1) is 22.2. The first-order valence-electron chi connectivity index (χ1n) is 9.38. The third-order valence-electron chi connectivity index (χ3n) is 4.61. The van der Waals surface area contributed by atoms with Crippen molar-refractivity contribution < 1.29 is 13.2 Å². The Morgan fingerprint density at radius 3 is 2.66 bits per heavy atom. The Morgan fingerprint density at radius 2 is 1.97 bits per heavy atom. The Kier molecular flexibility index (Phi) is 7.28. The van der Waals surface area contributed by atoms with Crippen molar-refractivity contribution in [1.82, 2.24) is 19.4 Å². The lowest BCUT2D eigenvalue weighted by atomic mass is 10.1. The van der Waals surface area contributed by atoms with Gasteiger partial charge in [0.15, 0.2) is 4.34 Å². The number of aromatic nitrogens is 2. The van der Waals surface area contributed by atoms with E-state index in [4.69, 9.17) is 0 Å². The number of amides is 1. The van der Waals surface area contributed by atoms with Crippen LogP contribution in [0.2, 0.25) is 0 Å². The zero-order chi connectivity index (χ0) is 21.0. The van der Waals surface area contributed by atoms with Crippen molar-refractivity contribution in [3.8, 4) is 0 Å². The highest BCUT2D eigenvalue weighted by Gasteiger charge is 2.28. The minimum absolute atomic E-state index is 0.134. The molecule has 0 aliphatic carbocycles. The molecule has 1 N–H and O–H groups in total. The number of carbonyl (C=O) groups is 1. The Labute approximate surface area is 179 Å². The molecule has 1 aliphatic heterocycles. The summed E-state index contributed by atoms with van der Waals surface area (Å²) in [4.78, 5) is 15.0. The first-order valence-corrected chi connectivity index (χ1v) is 12.6. The molecule has 1 fully saturated rings. The van der Waals surface area contributed by atoms with Crippen LogP contribution in [0.4, 0.5) is 5.13 Å². The van der Waals surface area contributed by atoms with Crippen molar-refractivity contribution in [2.75, 3.05) is 44.3 Å². The van der Waals surface area contributed by atoms with E-state index in [1.165, 1.54) is 21.7 Å². The highest BCUT2D eigenvalue weighted by Crippen LogP contribution is 2.27. The van der Waals surface area contributed by atoms with Gasteiger partial charge in [-0.05, 0) is 38.1 Å². The minimum Gasteiger partial charge on any atom is -0.304 e. The first-order chi connectivity index (χ1) is 13.8. The molecule has 1 saturated heterocycles. The number of hydrogen-bond donors (Lipinski definition) is 1. The van der Waals surface area contributed by atoms with Crippen molar-refractivity contribution in [2.45, 2.75) is 29.5 Å². The summed E-state index contributed by atoms with van der Waals surface area (Å²) < 4.78 is 28.3. The lowest BCUT2D eigenvalue weighted by molar-refractivity contribution is 0.102. The zero-order valence-electron chi connectivity index (χ0n) is 16.7. The molecule has 0 radical (unpaired) electrons. The molecular formula is C18H25N5O3S3. The Morgan fingerprint density at radius 1 is 1.24 bits per heavy atom. The largest absolute Gasteiger partial charge is 0.304 e. The number of nitrogens with one attached hydrogen (secondary N) is 1. The van der Waals surface area contributed by atoms with Crippen molar-refractivity contribution in [1.29, 1.82) is 0 Å². The third kappa shape index (κ3) is 5.34. The van der Waals surface area contributed by atoms with Crippen molar-refractivity contribution in [3.63, 3.8) is 0 Å². The van der Waals surface area contributed by atoms with Gasteiger partial charge in [-0.1, -0.05) is 36.1 Å². The van der Waals surface area contributed by atoms with Gasteiger partial charge < -0.3 is 4.90 Å². The molecule has 11 heteroatoms. The number of likely N-dealkylation sites (N-methyl/N-ethyl adjacent to an activating group) is 1. The molecule has 1 aromatic carbocycles. The van der Waals surface area contributed by atoms with Crippen LogP contribution in [0.3, 0.4) is 0 Å². The van der Waals surface area contributed by atoms with Crippen molar-refractivity contribution >= 4 is 44.2 Å². The second-order valence-corrected chi connectivity index (χ2v) is 11.1. The number of sulfonamides is 1. The molecule has 0 bridgehead atoms. The predicted octanol–water partition coefficient (Wildman–Crippen LogP) is 2.54. The normalized spacial score (nSPS) is 16.1. The molecule has 0 unspecified atom stereocenters. The molecule has 29 heavy (non-hydrogen) atoms. The van der Waals surface area contributed by atoms with Gasteiger partial charge in [-0.2, -0.15) is 4.31 Å². The molecular weight excluding hydrogens is 430 g/mol. The van der Waals surface area contributed by atoms with E-state index in [1.807, 2.05) is 7.05 Å². The monoisotopic (exact) mass is 455 g/mol. The van der Waals surface area contributed by atoms with Crippen LogP contribution in [-0.4, -0.2) is 72.7 Å². The summed E-state index contributed by atoms with van der Waals surface area (Å²) in [7, 11) is -1.67. The molecule has 0 spiro atoms. The van der Waals surface area contributed by atoms with Gasteiger partial charge in [0.25, 0.3) is 5.91 Å². The van der Waals surface area contributed by atoms with Crippen LogP contribution >= 0.6 is 23.1 Å². The number of hydrogen-bond acceptors (Lipinski definition) is 8. The molecule has 8 nitrogen and oxygen atoms in total. The Balaban J connectivity index is 1.77. The van der Waals surface area contributed by atoms with Crippen LogP contribution in [-0.2, 0) is 10.0 Å². The summed E-state index contributed by atoms with van der Waals surface area (Å²) in [6, 6.07) is 4.68. The maximum Gasteiger partial charge on any atom is 0.257 e. The number of benzene rings is 1. The maximum absolute atomic E-state index is 13.0. The fraction of sp³-hybridized carbons (Fsp3) is 0.500. The van der Waals surface area contributed by atoms with E-state index < -0.39 is 10.0 Å². The van der Waals surface area contributed by atoms with Gasteiger partial charge in [-0.3, -0.25) is 10.1 Å². The quantitative estimate of drug-likeness (QED) is 0.506. The van der Waals surface area contributed by atoms with Crippen LogP contribution in [0, 0.1) is 6.92 Å². The summed E-state index contributed by atoms with van der Waals surface area (Å²) in [6.45, 7) is 6.13. The number of piperazine rings is 1. The number of aryl methyl sites for hydroxylation is 1. The molecule has 3 rings (SSSR count). The number of carbonyl (C=O) groups excluding carboxylic acids is 1. The molecule has 2 aromatic rings. The van der Waals surface area contributed by atoms with Gasteiger partial charge in [0, 0.05) is 37.5 Å². The number of anilines is 1. The molecule has 1 aromatic heterocycles. The second-order valence-electron chi connectivity index (χ2n) is 6.86. The van der Waals surface area contributed by atoms with E-state index in [-0.39, 0.29) is 10.8 Å². The van der Waals surface area contributed by atoms with Crippen LogP contribution in [0.1, 0.15) is 29.3 Å². The topological polar surface area (TPSA) is 95.5 Å². The number of nitrogens with zero attached hydrogens (tertiary/aromatic N) is 4. The fourth-order valence-corrected chi connectivity index (χ4v) is 5.98. The van der Waals surface area contributed by atoms with E-state index in [0.717, 1.165) is 16.5 Å². The van der Waals surface area contributed by atoms with Crippen LogP contribution < -0.4 is 5.32 Å². The van der Waals surface area contributed by atoms with Crippen LogP contribution in [0.15, 0.2) is 27.4 Å². The smallest absolute Gasteiger partial charge is 0.257 e. The molecule has 1 amide bonds. The van der Waals surface area contributed by atoms with E-state index in [0.29, 0.717) is 42.4 Å². The molecule has 0 saturated carbocycles. The van der Waals surface area contributed by atoms with Gasteiger partial charge in [-0.25, -0.2) is 8.42 Å². The lowest BCUT2D eigenvalue weighted by Crippen LogP contribution is -2.47. The van der Waals surface area contributed by atoms with Crippen LogP contribution in [0.5, 0.6) is 0 Å². The second kappa shape index (κ2) is 9.52. The summed E-state index contributed by atoms with van der Waals surface area (Å²) >= 11 is 2.91. The predicted molar refractivity (Wildman–Crippen MR) is 116 cm³/mol. The standard InChI is InChI=1S/C18H25N5O3S3/c1-4-11-27-18-21-20-17(28-18)19-16(24)15-12-14(6-5-13(15)2)29(25,26)23-9-7-22(3)8-10-23/h5-6,12H,4,7-11H2,1-3H3,(H,19,20,24). The summed E-state index contributed by atoms with van der Waals surface area (Å²) in [6.07, 6.45) is 1.03. The van der Waals surface area contributed by atoms with E-state index >= 15 is 0 Å². The van der Waals surface area contributed by atoms with Gasteiger partial charge in [0.2, 0.25) is 15.2 Å². The lowest BCUT2D eigenvalue weighted by Gasteiger charge is -2.31.